The van der Waals surface area contributed by atoms with E-state index in [0.717, 1.165) is 25.0 Å². The summed E-state index contributed by atoms with van der Waals surface area (Å²) in [6.07, 6.45) is -2.28. The first-order valence-corrected chi connectivity index (χ1v) is 10.8. The number of urea groups is 1. The van der Waals surface area contributed by atoms with E-state index in [0.29, 0.717) is 6.54 Å². The van der Waals surface area contributed by atoms with Gasteiger partial charge in [-0.1, -0.05) is 13.3 Å². The van der Waals surface area contributed by atoms with Crippen molar-refractivity contribution >= 4 is 29.5 Å². The molecule has 35 heavy (non-hydrogen) atoms. The smallest absolute Gasteiger partial charge is 0.450 e. The Kier molecular flexibility index (Phi) is 10.2. The van der Waals surface area contributed by atoms with Crippen LogP contribution >= 0.6 is 0 Å². The fraction of sp³-hybridized carbons (Fsp3) is 0.429. The van der Waals surface area contributed by atoms with Crippen molar-refractivity contribution in [1.82, 2.24) is 20.2 Å². The summed E-state index contributed by atoms with van der Waals surface area (Å²) in [5, 5.41) is 10.0. The number of carbonyl (C=O) groups excluding carboxylic acids is 3. The molecule has 0 aliphatic carbocycles. The number of hydrogen-bond donors (Lipinski definition) is 4. The topological polar surface area (TPSA) is 136 Å². The molecule has 0 saturated heterocycles. The van der Waals surface area contributed by atoms with Crippen LogP contribution in [-0.2, 0) is 11.3 Å². The second kappa shape index (κ2) is 13.1. The minimum atomic E-state index is -4.82. The number of aromatic nitrogens is 2. The van der Waals surface area contributed by atoms with Crippen molar-refractivity contribution < 1.29 is 37.0 Å². The largest absolute Gasteiger partial charge is 0.573 e. The van der Waals surface area contributed by atoms with Gasteiger partial charge < -0.3 is 30.0 Å². The summed E-state index contributed by atoms with van der Waals surface area (Å²) in [5.41, 5.74) is 0.217. The Hall–Kier alpha value is -3.97. The number of halogens is 3. The van der Waals surface area contributed by atoms with Gasteiger partial charge in [0.2, 0.25) is 5.82 Å². The predicted octanol–water partition coefficient (Wildman–Crippen LogP) is 3.70. The average Bonchev–Trinajstić information content (AvgIpc) is 3.18. The zero-order valence-corrected chi connectivity index (χ0v) is 19.2. The van der Waals surface area contributed by atoms with Gasteiger partial charge in [0, 0.05) is 31.5 Å². The van der Waals surface area contributed by atoms with Crippen LogP contribution in [0.4, 0.5) is 34.3 Å². The molecular weight excluding hydrogens is 473 g/mol. The van der Waals surface area contributed by atoms with Crippen LogP contribution in [0, 0.1) is 0 Å². The van der Waals surface area contributed by atoms with Crippen LogP contribution in [0.15, 0.2) is 30.5 Å². The number of nitrogens with zero attached hydrogens (tertiary/aromatic N) is 2. The molecule has 4 amide bonds. The first-order chi connectivity index (χ1) is 16.6. The van der Waals surface area contributed by atoms with Crippen molar-refractivity contribution in [1.29, 1.82) is 0 Å². The maximum atomic E-state index is 12.6. The van der Waals surface area contributed by atoms with E-state index in [-0.39, 0.29) is 37.0 Å². The van der Waals surface area contributed by atoms with Crippen molar-refractivity contribution in [2.75, 3.05) is 30.3 Å². The molecule has 4 N–H and O–H groups in total. The second-order valence-electron chi connectivity index (χ2n) is 7.05. The number of alkyl carbamates (subject to hydrolysis) is 1. The van der Waals surface area contributed by atoms with Crippen LogP contribution in [0.5, 0.6) is 5.75 Å². The summed E-state index contributed by atoms with van der Waals surface area (Å²) in [7, 11) is 0. The maximum Gasteiger partial charge on any atom is 0.573 e. The molecule has 1 aromatic carbocycles. The molecule has 14 heteroatoms. The summed E-state index contributed by atoms with van der Waals surface area (Å²) in [4.78, 5) is 40.3. The molecule has 192 valence electrons. The fourth-order valence-electron chi connectivity index (χ4n) is 2.78. The molecule has 0 saturated carbocycles. The second-order valence-corrected chi connectivity index (χ2v) is 7.05. The van der Waals surface area contributed by atoms with Crippen LogP contribution in [0.2, 0.25) is 0 Å². The number of nitrogens with one attached hydrogen (secondary N) is 4. The predicted molar refractivity (Wildman–Crippen MR) is 120 cm³/mol. The van der Waals surface area contributed by atoms with E-state index in [9.17, 15) is 27.6 Å². The Balaban J connectivity index is 1.96. The minimum absolute atomic E-state index is 0.0681. The molecule has 0 radical (unpaired) electrons. The number of unbranched alkanes of at least 4 members (excludes halogenated alkanes) is 1. The molecule has 0 unspecified atom stereocenters. The van der Waals surface area contributed by atoms with Gasteiger partial charge in [-0.2, -0.15) is 0 Å². The van der Waals surface area contributed by atoms with Gasteiger partial charge in [-0.25, -0.2) is 14.6 Å². The first-order valence-electron chi connectivity index (χ1n) is 10.8. The van der Waals surface area contributed by atoms with Gasteiger partial charge in [0.15, 0.2) is 5.82 Å². The lowest BCUT2D eigenvalue weighted by Crippen LogP contribution is -2.36. The Labute approximate surface area is 199 Å². The third-order valence-electron chi connectivity index (χ3n) is 4.27. The number of amides is 4. The molecule has 0 spiro atoms. The molecule has 0 bridgehead atoms. The normalized spacial score (nSPS) is 10.9. The Morgan fingerprint density at radius 2 is 1.71 bits per heavy atom. The Morgan fingerprint density at radius 3 is 2.34 bits per heavy atom. The molecule has 0 aliphatic rings. The lowest BCUT2D eigenvalue weighted by atomic mass is 10.3. The highest BCUT2D eigenvalue weighted by Gasteiger charge is 2.31. The third kappa shape index (κ3) is 9.81. The van der Waals surface area contributed by atoms with Gasteiger partial charge in [-0.15, -0.1) is 13.2 Å². The standard InChI is InChI=1S/C21H27F3N6O5/c1-3-5-12-30-13-16(28-17(30)18(31)25-10-11-26-20(33)34-4-2)29-19(32)27-14-6-8-15(9-7-14)35-21(22,23)24/h6-9,13H,3-5,10-12H2,1-2H3,(H,25,31)(H,26,33)(H2,27,29,32). The highest BCUT2D eigenvalue weighted by molar-refractivity contribution is 5.99. The van der Waals surface area contributed by atoms with Gasteiger partial charge >= 0.3 is 18.5 Å². The van der Waals surface area contributed by atoms with Crippen molar-refractivity contribution in [3.8, 4) is 5.75 Å². The van der Waals surface area contributed by atoms with Crippen molar-refractivity contribution in [2.24, 2.45) is 0 Å². The highest BCUT2D eigenvalue weighted by atomic mass is 19.4. The molecule has 0 atom stereocenters. The molecule has 0 aliphatic heterocycles. The van der Waals surface area contributed by atoms with Crippen molar-refractivity contribution in [3.05, 3.63) is 36.3 Å². The SMILES string of the molecule is CCCCn1cc(NC(=O)Nc2ccc(OC(F)(F)F)cc2)nc1C(=O)NCCNC(=O)OCC. The van der Waals surface area contributed by atoms with Gasteiger partial charge in [0.25, 0.3) is 5.91 Å². The summed E-state index contributed by atoms with van der Waals surface area (Å²) in [6.45, 7) is 4.66. The summed E-state index contributed by atoms with van der Waals surface area (Å²) in [6, 6.07) is 3.89. The van der Waals surface area contributed by atoms with E-state index < -0.39 is 30.1 Å². The lowest BCUT2D eigenvalue weighted by Gasteiger charge is -2.10. The van der Waals surface area contributed by atoms with Gasteiger partial charge in [0.05, 0.1) is 6.61 Å². The number of aryl methyl sites for hydroxylation is 1. The zero-order chi connectivity index (χ0) is 25.8. The molecule has 11 nitrogen and oxygen atoms in total. The number of anilines is 2. The number of alkyl halides is 3. The first kappa shape index (κ1) is 27.3. The van der Waals surface area contributed by atoms with E-state index in [1.807, 2.05) is 6.92 Å². The number of carbonyl (C=O) groups is 3. The van der Waals surface area contributed by atoms with Crippen LogP contribution in [0.1, 0.15) is 37.3 Å². The molecule has 2 rings (SSSR count). The van der Waals surface area contributed by atoms with Gasteiger partial charge in [-0.3, -0.25) is 10.1 Å². The van der Waals surface area contributed by atoms with Crippen molar-refractivity contribution in [2.45, 2.75) is 39.6 Å². The molecule has 2 aromatic rings. The number of imidazole rings is 1. The number of rotatable bonds is 11. The molecule has 1 aromatic heterocycles. The summed E-state index contributed by atoms with van der Waals surface area (Å²) < 4.78 is 46.8. The van der Waals surface area contributed by atoms with E-state index in [1.54, 1.807) is 11.5 Å². The average molecular weight is 500 g/mol. The van der Waals surface area contributed by atoms with E-state index in [1.165, 1.54) is 18.3 Å². The van der Waals surface area contributed by atoms with Crippen molar-refractivity contribution in [3.63, 3.8) is 0 Å². The number of ether oxygens (including phenoxy) is 2. The quantitative estimate of drug-likeness (QED) is 0.348. The molecule has 0 fully saturated rings. The zero-order valence-electron chi connectivity index (χ0n) is 19.2. The molecule has 1 heterocycles. The molecular formula is C21H27F3N6O5. The van der Waals surface area contributed by atoms with Crippen LogP contribution in [0.25, 0.3) is 0 Å². The summed E-state index contributed by atoms with van der Waals surface area (Å²) in [5.74, 6) is -0.754. The van der Waals surface area contributed by atoms with Crippen LogP contribution in [-0.4, -0.2) is 53.6 Å². The van der Waals surface area contributed by atoms with Gasteiger partial charge in [-0.05, 0) is 37.6 Å². The lowest BCUT2D eigenvalue weighted by molar-refractivity contribution is -0.274. The fourth-order valence-corrected chi connectivity index (χ4v) is 2.78. The monoisotopic (exact) mass is 500 g/mol. The van der Waals surface area contributed by atoms with E-state index >= 15 is 0 Å². The number of benzene rings is 1. The summed E-state index contributed by atoms with van der Waals surface area (Å²) >= 11 is 0. The third-order valence-corrected chi connectivity index (χ3v) is 4.27. The Morgan fingerprint density at radius 1 is 1.03 bits per heavy atom. The Bertz CT molecular complexity index is 994. The minimum Gasteiger partial charge on any atom is -0.450 e. The van der Waals surface area contributed by atoms with E-state index in [2.05, 4.69) is 31.0 Å². The van der Waals surface area contributed by atoms with Crippen LogP contribution in [0.3, 0.4) is 0 Å². The van der Waals surface area contributed by atoms with Crippen LogP contribution < -0.4 is 26.0 Å². The number of hydrogen-bond acceptors (Lipinski definition) is 6. The van der Waals surface area contributed by atoms with Gasteiger partial charge in [0.1, 0.15) is 5.75 Å². The maximum absolute atomic E-state index is 12.6. The highest BCUT2D eigenvalue weighted by Crippen LogP contribution is 2.24. The van der Waals surface area contributed by atoms with E-state index in [4.69, 9.17) is 4.74 Å².